The van der Waals surface area contributed by atoms with Gasteiger partial charge in [0.15, 0.2) is 0 Å². The van der Waals surface area contributed by atoms with E-state index in [-0.39, 0.29) is 5.56 Å². The molecule has 0 saturated carbocycles. The van der Waals surface area contributed by atoms with Crippen molar-refractivity contribution in [2.75, 3.05) is 0 Å². The van der Waals surface area contributed by atoms with E-state index in [1.807, 2.05) is 12.1 Å². The summed E-state index contributed by atoms with van der Waals surface area (Å²) < 4.78 is 6.38. The van der Waals surface area contributed by atoms with Gasteiger partial charge in [-0.05, 0) is 24.3 Å². The molecule has 1 aromatic heterocycles. The molecule has 0 bridgehead atoms. The van der Waals surface area contributed by atoms with E-state index in [1.165, 1.54) is 18.5 Å². The third-order valence-corrected chi connectivity index (χ3v) is 2.49. The van der Waals surface area contributed by atoms with E-state index in [1.54, 1.807) is 12.1 Å². The highest BCUT2D eigenvalue weighted by Crippen LogP contribution is 2.24. The van der Waals surface area contributed by atoms with Crippen molar-refractivity contribution in [1.29, 1.82) is 0 Å². The van der Waals surface area contributed by atoms with Crippen LogP contribution in [0.5, 0.6) is 11.5 Å². The van der Waals surface area contributed by atoms with E-state index in [0.717, 1.165) is 4.47 Å². The first-order valence-corrected chi connectivity index (χ1v) is 5.56. The molecule has 86 valence electrons. The molecule has 17 heavy (non-hydrogen) atoms. The first-order chi connectivity index (χ1) is 8.15. The van der Waals surface area contributed by atoms with Crippen molar-refractivity contribution in [1.82, 2.24) is 4.98 Å². The van der Waals surface area contributed by atoms with Gasteiger partial charge in [0.1, 0.15) is 11.5 Å². The lowest BCUT2D eigenvalue weighted by molar-refractivity contribution is 0.0696. The van der Waals surface area contributed by atoms with Crippen LogP contribution in [0.3, 0.4) is 0 Å². The number of hydrogen-bond acceptors (Lipinski definition) is 3. The molecule has 0 saturated heterocycles. The highest BCUT2D eigenvalue weighted by molar-refractivity contribution is 9.10. The minimum Gasteiger partial charge on any atom is -0.478 e. The Morgan fingerprint density at radius 2 is 2.06 bits per heavy atom. The number of carbonyl (C=O) groups is 1. The predicted octanol–water partition coefficient (Wildman–Crippen LogP) is 3.33. The molecule has 0 aliphatic carbocycles. The highest BCUT2D eigenvalue weighted by atomic mass is 79.9. The Labute approximate surface area is 106 Å². The van der Waals surface area contributed by atoms with E-state index < -0.39 is 5.97 Å². The summed E-state index contributed by atoms with van der Waals surface area (Å²) in [7, 11) is 0. The van der Waals surface area contributed by atoms with Crippen LogP contribution in [0.25, 0.3) is 0 Å². The molecular weight excluding hydrogens is 286 g/mol. The number of aromatic nitrogens is 1. The minimum absolute atomic E-state index is 0.0949. The van der Waals surface area contributed by atoms with E-state index in [9.17, 15) is 4.79 Å². The van der Waals surface area contributed by atoms with Gasteiger partial charge in [0, 0.05) is 10.7 Å². The first-order valence-electron chi connectivity index (χ1n) is 4.77. The Morgan fingerprint density at radius 1 is 1.24 bits per heavy atom. The van der Waals surface area contributed by atoms with Gasteiger partial charge in [0.2, 0.25) is 0 Å². The lowest BCUT2D eigenvalue weighted by Gasteiger charge is -2.05. The van der Waals surface area contributed by atoms with Crippen LogP contribution >= 0.6 is 15.9 Å². The highest BCUT2D eigenvalue weighted by Gasteiger charge is 2.05. The standard InChI is InChI=1S/C12H8BrNO3/c13-9-2-1-3-10(5-9)17-11-4-8(12(15)16)6-14-7-11/h1-7H,(H,15,16). The average molecular weight is 294 g/mol. The smallest absolute Gasteiger partial charge is 0.337 e. The van der Waals surface area contributed by atoms with Gasteiger partial charge in [-0.15, -0.1) is 0 Å². The summed E-state index contributed by atoms with van der Waals surface area (Å²) in [6, 6.07) is 8.69. The molecule has 0 unspecified atom stereocenters. The molecule has 0 fully saturated rings. The normalized spacial score (nSPS) is 9.94. The first kappa shape index (κ1) is 11.6. The van der Waals surface area contributed by atoms with Crippen LogP contribution in [-0.2, 0) is 0 Å². The fourth-order valence-corrected chi connectivity index (χ4v) is 1.64. The summed E-state index contributed by atoms with van der Waals surface area (Å²) in [6.07, 6.45) is 2.74. The summed E-state index contributed by atoms with van der Waals surface area (Å²) in [5.41, 5.74) is 0.0949. The van der Waals surface area contributed by atoms with Gasteiger partial charge in [-0.25, -0.2) is 4.79 Å². The Bertz CT molecular complexity index is 557. The molecule has 2 rings (SSSR count). The Kier molecular flexibility index (Phi) is 3.39. The van der Waals surface area contributed by atoms with Crippen LogP contribution in [0.15, 0.2) is 47.2 Å². The number of nitrogens with zero attached hydrogens (tertiary/aromatic N) is 1. The summed E-state index contributed by atoms with van der Waals surface area (Å²) in [4.78, 5) is 14.6. The Morgan fingerprint density at radius 3 is 2.76 bits per heavy atom. The largest absolute Gasteiger partial charge is 0.478 e. The Hall–Kier alpha value is -1.88. The van der Waals surface area contributed by atoms with Gasteiger partial charge in [-0.2, -0.15) is 0 Å². The second-order valence-electron chi connectivity index (χ2n) is 3.27. The molecule has 2 aromatic rings. The van der Waals surface area contributed by atoms with Crippen molar-refractivity contribution >= 4 is 21.9 Å². The summed E-state index contributed by atoms with van der Waals surface area (Å²) in [6.45, 7) is 0. The third-order valence-electron chi connectivity index (χ3n) is 1.99. The molecule has 1 heterocycles. The number of aromatic carboxylic acids is 1. The monoisotopic (exact) mass is 293 g/mol. The van der Waals surface area contributed by atoms with E-state index in [4.69, 9.17) is 9.84 Å². The van der Waals surface area contributed by atoms with Crippen molar-refractivity contribution in [2.24, 2.45) is 0 Å². The SMILES string of the molecule is O=C(O)c1cncc(Oc2cccc(Br)c2)c1. The second-order valence-corrected chi connectivity index (χ2v) is 4.19. The second kappa shape index (κ2) is 4.97. The van der Waals surface area contributed by atoms with Crippen LogP contribution in [0.1, 0.15) is 10.4 Å². The zero-order valence-corrected chi connectivity index (χ0v) is 10.2. The molecule has 0 spiro atoms. The number of rotatable bonds is 3. The molecular formula is C12H8BrNO3. The number of hydrogen-bond donors (Lipinski definition) is 1. The summed E-state index contributed by atoms with van der Waals surface area (Å²) in [5.74, 6) is -0.0242. The van der Waals surface area contributed by atoms with E-state index in [0.29, 0.717) is 11.5 Å². The maximum absolute atomic E-state index is 10.8. The van der Waals surface area contributed by atoms with Crippen molar-refractivity contribution in [3.05, 3.63) is 52.8 Å². The van der Waals surface area contributed by atoms with Crippen molar-refractivity contribution in [3.8, 4) is 11.5 Å². The topological polar surface area (TPSA) is 59.4 Å². The number of ether oxygens (including phenoxy) is 1. The molecule has 0 atom stereocenters. The molecule has 0 aliphatic heterocycles. The number of carboxylic acid groups (broad SMARTS) is 1. The quantitative estimate of drug-likeness (QED) is 0.943. The van der Waals surface area contributed by atoms with E-state index >= 15 is 0 Å². The molecule has 0 aliphatic rings. The van der Waals surface area contributed by atoms with Crippen molar-refractivity contribution in [3.63, 3.8) is 0 Å². The third kappa shape index (κ3) is 3.04. The van der Waals surface area contributed by atoms with Crippen molar-refractivity contribution < 1.29 is 14.6 Å². The van der Waals surface area contributed by atoms with E-state index in [2.05, 4.69) is 20.9 Å². The number of carboxylic acids is 1. The zero-order valence-electron chi connectivity index (χ0n) is 8.63. The molecule has 1 aromatic carbocycles. The van der Waals surface area contributed by atoms with Gasteiger partial charge in [-0.1, -0.05) is 22.0 Å². The Balaban J connectivity index is 2.24. The minimum atomic E-state index is -1.03. The van der Waals surface area contributed by atoms with Gasteiger partial charge < -0.3 is 9.84 Å². The van der Waals surface area contributed by atoms with Crippen LogP contribution < -0.4 is 4.74 Å². The van der Waals surface area contributed by atoms with Crippen LogP contribution in [0.4, 0.5) is 0 Å². The molecule has 1 N–H and O–H groups in total. The van der Waals surface area contributed by atoms with Gasteiger partial charge >= 0.3 is 5.97 Å². The predicted molar refractivity (Wildman–Crippen MR) is 65.4 cm³/mol. The van der Waals surface area contributed by atoms with Crippen LogP contribution in [0.2, 0.25) is 0 Å². The number of benzene rings is 1. The van der Waals surface area contributed by atoms with Gasteiger partial charge in [0.05, 0.1) is 11.8 Å². The summed E-state index contributed by atoms with van der Waals surface area (Å²) >= 11 is 3.32. The fourth-order valence-electron chi connectivity index (χ4n) is 1.26. The molecule has 4 nitrogen and oxygen atoms in total. The lowest BCUT2D eigenvalue weighted by Crippen LogP contribution is -1.97. The molecule has 0 amide bonds. The zero-order chi connectivity index (χ0) is 12.3. The van der Waals surface area contributed by atoms with Crippen molar-refractivity contribution in [2.45, 2.75) is 0 Å². The van der Waals surface area contributed by atoms with Crippen LogP contribution in [0, 0.1) is 0 Å². The number of halogens is 1. The number of pyridine rings is 1. The molecule has 5 heteroatoms. The molecule has 0 radical (unpaired) electrons. The van der Waals surface area contributed by atoms with Crippen LogP contribution in [-0.4, -0.2) is 16.1 Å². The lowest BCUT2D eigenvalue weighted by atomic mass is 10.3. The van der Waals surface area contributed by atoms with Gasteiger partial charge in [-0.3, -0.25) is 4.98 Å². The maximum Gasteiger partial charge on any atom is 0.337 e. The maximum atomic E-state index is 10.8. The van der Waals surface area contributed by atoms with Gasteiger partial charge in [0.25, 0.3) is 0 Å². The average Bonchev–Trinajstić information content (AvgIpc) is 2.29. The fraction of sp³-hybridized carbons (Fsp3) is 0. The summed E-state index contributed by atoms with van der Waals surface area (Å²) in [5, 5.41) is 8.82.